The van der Waals surface area contributed by atoms with Gasteiger partial charge in [-0.25, -0.2) is 0 Å². The van der Waals surface area contributed by atoms with Gasteiger partial charge in [0, 0.05) is 10.0 Å². The van der Waals surface area contributed by atoms with Crippen molar-refractivity contribution in [2.75, 3.05) is 12.9 Å². The molecule has 5 heteroatoms. The minimum absolute atomic E-state index is 0.119. The molecular formula is C16H14Cl2O2S. The zero-order valence-electron chi connectivity index (χ0n) is 11.4. The molecule has 2 rings (SSSR count). The predicted octanol–water partition coefficient (Wildman–Crippen LogP) is 4.99. The standard InChI is InChI=1S/C16H14Cl2O2S/c1-20-15(19)10-21-16(11-6-2-4-8-13(11)17)12-7-3-5-9-14(12)18/h2-9,16H,10H2,1H3. The second kappa shape index (κ2) is 7.74. The molecule has 0 spiro atoms. The normalized spacial score (nSPS) is 10.7. The number of carbonyl (C=O) groups is 1. The van der Waals surface area contributed by atoms with Crippen LogP contribution >= 0.6 is 35.0 Å². The number of benzene rings is 2. The fourth-order valence-electron chi connectivity index (χ4n) is 1.93. The van der Waals surface area contributed by atoms with E-state index in [1.807, 2.05) is 48.5 Å². The SMILES string of the molecule is COC(=O)CSC(c1ccccc1Cl)c1ccccc1Cl. The third kappa shape index (κ3) is 4.16. The van der Waals surface area contributed by atoms with Gasteiger partial charge in [-0.3, -0.25) is 4.79 Å². The van der Waals surface area contributed by atoms with Crippen LogP contribution < -0.4 is 0 Å². The molecule has 0 unspecified atom stereocenters. The molecule has 0 amide bonds. The number of esters is 1. The van der Waals surface area contributed by atoms with Crippen molar-refractivity contribution < 1.29 is 9.53 Å². The van der Waals surface area contributed by atoms with Crippen LogP contribution in [0.3, 0.4) is 0 Å². The molecule has 0 radical (unpaired) electrons. The van der Waals surface area contributed by atoms with Gasteiger partial charge in [0.2, 0.25) is 0 Å². The topological polar surface area (TPSA) is 26.3 Å². The summed E-state index contributed by atoms with van der Waals surface area (Å²) in [7, 11) is 1.38. The first kappa shape index (κ1) is 16.2. The number of rotatable bonds is 5. The molecule has 21 heavy (non-hydrogen) atoms. The lowest BCUT2D eigenvalue weighted by atomic mass is 10.0. The van der Waals surface area contributed by atoms with E-state index < -0.39 is 0 Å². The number of ether oxygens (including phenoxy) is 1. The van der Waals surface area contributed by atoms with Crippen LogP contribution in [0, 0.1) is 0 Å². The Morgan fingerprint density at radius 1 is 1.05 bits per heavy atom. The summed E-state index contributed by atoms with van der Waals surface area (Å²) in [6.45, 7) is 0. The van der Waals surface area contributed by atoms with Crippen molar-refractivity contribution in [1.29, 1.82) is 0 Å². The van der Waals surface area contributed by atoms with Gasteiger partial charge in [-0.15, -0.1) is 11.8 Å². The second-order valence-electron chi connectivity index (χ2n) is 4.31. The number of hydrogen-bond acceptors (Lipinski definition) is 3. The van der Waals surface area contributed by atoms with Crippen LogP contribution in [0.4, 0.5) is 0 Å². The van der Waals surface area contributed by atoms with E-state index in [0.717, 1.165) is 11.1 Å². The maximum absolute atomic E-state index is 11.4. The molecule has 0 heterocycles. The summed E-state index contributed by atoms with van der Waals surface area (Å²) in [5.41, 5.74) is 1.86. The van der Waals surface area contributed by atoms with Gasteiger partial charge < -0.3 is 4.74 Å². The number of methoxy groups -OCH3 is 1. The zero-order chi connectivity index (χ0) is 15.2. The quantitative estimate of drug-likeness (QED) is 0.717. The molecule has 110 valence electrons. The van der Waals surface area contributed by atoms with Crippen molar-refractivity contribution >= 4 is 40.9 Å². The lowest BCUT2D eigenvalue weighted by Gasteiger charge is -2.19. The number of halogens is 2. The van der Waals surface area contributed by atoms with E-state index in [1.165, 1.54) is 18.9 Å². The summed E-state index contributed by atoms with van der Waals surface area (Å²) in [4.78, 5) is 11.4. The third-order valence-corrected chi connectivity index (χ3v) is 4.90. The molecule has 0 atom stereocenters. The fraction of sp³-hybridized carbons (Fsp3) is 0.188. The van der Waals surface area contributed by atoms with Crippen molar-refractivity contribution in [3.63, 3.8) is 0 Å². The molecule has 0 aliphatic carbocycles. The van der Waals surface area contributed by atoms with E-state index in [-0.39, 0.29) is 17.0 Å². The fourth-order valence-corrected chi connectivity index (χ4v) is 3.74. The average molecular weight is 341 g/mol. The van der Waals surface area contributed by atoms with Crippen molar-refractivity contribution in [3.8, 4) is 0 Å². The van der Waals surface area contributed by atoms with E-state index in [4.69, 9.17) is 27.9 Å². The summed E-state index contributed by atoms with van der Waals surface area (Å²) in [5, 5.41) is 1.19. The van der Waals surface area contributed by atoms with Crippen molar-refractivity contribution in [3.05, 3.63) is 69.7 Å². The van der Waals surface area contributed by atoms with Crippen LogP contribution in [0.5, 0.6) is 0 Å². The maximum atomic E-state index is 11.4. The van der Waals surface area contributed by atoms with Gasteiger partial charge in [-0.05, 0) is 23.3 Å². The lowest BCUT2D eigenvalue weighted by Crippen LogP contribution is -2.07. The highest BCUT2D eigenvalue weighted by Crippen LogP contribution is 2.41. The summed E-state index contributed by atoms with van der Waals surface area (Å²) >= 11 is 14.0. The Morgan fingerprint density at radius 3 is 1.95 bits per heavy atom. The number of thioether (sulfide) groups is 1. The average Bonchev–Trinajstić information content (AvgIpc) is 2.50. The van der Waals surface area contributed by atoms with Crippen molar-refractivity contribution in [2.24, 2.45) is 0 Å². The van der Waals surface area contributed by atoms with Gasteiger partial charge >= 0.3 is 5.97 Å². The maximum Gasteiger partial charge on any atom is 0.315 e. The third-order valence-electron chi connectivity index (χ3n) is 2.97. The second-order valence-corrected chi connectivity index (χ2v) is 6.22. The molecule has 2 aromatic rings. The summed E-state index contributed by atoms with van der Waals surface area (Å²) < 4.78 is 4.71. The molecule has 0 fully saturated rings. The van der Waals surface area contributed by atoms with Gasteiger partial charge in [0.25, 0.3) is 0 Å². The molecule has 0 bridgehead atoms. The Balaban J connectivity index is 2.38. The smallest absolute Gasteiger partial charge is 0.315 e. The minimum Gasteiger partial charge on any atom is -0.468 e. The van der Waals surface area contributed by atoms with Crippen LogP contribution in [0.15, 0.2) is 48.5 Å². The molecule has 2 nitrogen and oxygen atoms in total. The minimum atomic E-state index is -0.274. The first-order chi connectivity index (χ1) is 10.1. The van der Waals surface area contributed by atoms with Gasteiger partial charge in [0.05, 0.1) is 18.1 Å². The van der Waals surface area contributed by atoms with Crippen LogP contribution in [0.1, 0.15) is 16.4 Å². The Labute approximate surface area is 138 Å². The van der Waals surface area contributed by atoms with E-state index in [9.17, 15) is 4.79 Å². The van der Waals surface area contributed by atoms with Crippen molar-refractivity contribution in [1.82, 2.24) is 0 Å². The van der Waals surface area contributed by atoms with Gasteiger partial charge in [0.15, 0.2) is 0 Å². The highest BCUT2D eigenvalue weighted by molar-refractivity contribution is 8.00. The van der Waals surface area contributed by atoms with E-state index in [2.05, 4.69) is 0 Å². The lowest BCUT2D eigenvalue weighted by molar-refractivity contribution is -0.137. The Hall–Kier alpha value is -1.16. The molecule has 0 aliphatic heterocycles. The molecule has 0 aliphatic rings. The summed E-state index contributed by atoms with van der Waals surface area (Å²) in [5.74, 6) is -0.0402. The van der Waals surface area contributed by atoms with E-state index >= 15 is 0 Å². The van der Waals surface area contributed by atoms with Crippen LogP contribution in [0.25, 0.3) is 0 Å². The zero-order valence-corrected chi connectivity index (χ0v) is 13.7. The summed E-state index contributed by atoms with van der Waals surface area (Å²) in [6, 6.07) is 15.1. The Morgan fingerprint density at radius 2 is 1.52 bits per heavy atom. The molecule has 2 aromatic carbocycles. The van der Waals surface area contributed by atoms with Gasteiger partial charge in [0.1, 0.15) is 0 Å². The Bertz CT molecular complexity index is 586. The van der Waals surface area contributed by atoms with Gasteiger partial charge in [-0.1, -0.05) is 59.6 Å². The molecule has 0 saturated carbocycles. The monoisotopic (exact) mass is 340 g/mol. The Kier molecular flexibility index (Phi) is 5.97. The molecule has 0 saturated heterocycles. The van der Waals surface area contributed by atoms with Crippen LogP contribution in [-0.4, -0.2) is 18.8 Å². The largest absolute Gasteiger partial charge is 0.468 e. The summed E-state index contributed by atoms with van der Waals surface area (Å²) in [6.07, 6.45) is 0. The van der Waals surface area contributed by atoms with Crippen molar-refractivity contribution in [2.45, 2.75) is 5.25 Å². The molecule has 0 N–H and O–H groups in total. The van der Waals surface area contributed by atoms with Crippen LogP contribution in [0.2, 0.25) is 10.0 Å². The van der Waals surface area contributed by atoms with Gasteiger partial charge in [-0.2, -0.15) is 0 Å². The molecular weight excluding hydrogens is 327 g/mol. The molecule has 0 aromatic heterocycles. The number of hydrogen-bond donors (Lipinski definition) is 0. The van der Waals surface area contributed by atoms with E-state index in [1.54, 1.807) is 0 Å². The van der Waals surface area contributed by atoms with Crippen LogP contribution in [-0.2, 0) is 9.53 Å². The highest BCUT2D eigenvalue weighted by atomic mass is 35.5. The highest BCUT2D eigenvalue weighted by Gasteiger charge is 2.21. The number of carbonyl (C=O) groups excluding carboxylic acids is 1. The first-order valence-corrected chi connectivity index (χ1v) is 8.11. The van der Waals surface area contributed by atoms with E-state index in [0.29, 0.717) is 10.0 Å². The predicted molar refractivity (Wildman–Crippen MR) is 89.2 cm³/mol. The first-order valence-electron chi connectivity index (χ1n) is 6.30.